The number of hydrogen-bond donors (Lipinski definition) is 0. The van der Waals surface area contributed by atoms with Gasteiger partial charge in [0, 0.05) is 22.3 Å². The maximum absolute atomic E-state index is 12.2. The van der Waals surface area contributed by atoms with Gasteiger partial charge in [0.1, 0.15) is 0 Å². The van der Waals surface area contributed by atoms with Crippen molar-refractivity contribution in [3.05, 3.63) is 59.3 Å². The summed E-state index contributed by atoms with van der Waals surface area (Å²) in [6.45, 7) is 8.85. The van der Waals surface area contributed by atoms with Crippen molar-refractivity contribution < 1.29 is 9.59 Å². The quantitative estimate of drug-likeness (QED) is 0.646. The molecule has 1 fully saturated rings. The van der Waals surface area contributed by atoms with Crippen molar-refractivity contribution in [2.24, 2.45) is 0 Å². The molecule has 2 heteroatoms. The molecule has 0 heterocycles. The summed E-state index contributed by atoms with van der Waals surface area (Å²) in [5, 5.41) is 0. The second-order valence-electron chi connectivity index (χ2n) is 3.58. The fourth-order valence-electron chi connectivity index (χ4n) is 1.92. The molecule has 0 radical (unpaired) electrons. The molecule has 0 aromatic rings. The number of ketones is 2. The molecular weight excluding hydrogens is 212 g/mol. The van der Waals surface area contributed by atoms with Crippen LogP contribution >= 0.6 is 0 Å². The summed E-state index contributed by atoms with van der Waals surface area (Å²) in [6.07, 6.45) is 8.15. The predicted molar refractivity (Wildman–Crippen MR) is 69.6 cm³/mol. The molecule has 0 unspecified atom stereocenters. The summed E-state index contributed by atoms with van der Waals surface area (Å²) in [6, 6.07) is 0. The molecule has 0 bridgehead atoms. The number of carbonyl (C=O) groups excluding carboxylic acids is 2. The summed E-state index contributed by atoms with van der Waals surface area (Å²) in [4.78, 5) is 24.4. The number of carbonyl (C=O) groups is 2. The van der Waals surface area contributed by atoms with Crippen molar-refractivity contribution >= 4 is 11.6 Å². The minimum atomic E-state index is -0.117. The topological polar surface area (TPSA) is 34.1 Å². The molecule has 1 rings (SSSR count). The molecule has 0 aliphatic heterocycles. The minimum absolute atomic E-state index is 0.101. The fraction of sp³-hybridized carbons (Fsp3) is 0.200. The summed E-state index contributed by atoms with van der Waals surface area (Å²) in [5.41, 5.74) is 1.82. The molecule has 0 aromatic carbocycles. The maximum Gasteiger partial charge on any atom is 0.194 e. The fourth-order valence-corrected chi connectivity index (χ4v) is 1.92. The average Bonchev–Trinajstić information content (AvgIpc) is 2.33. The molecule has 1 saturated carbocycles. The van der Waals surface area contributed by atoms with Gasteiger partial charge in [-0.15, -0.1) is 0 Å². The molecule has 0 aromatic heterocycles. The molecule has 2 nitrogen and oxygen atoms in total. The molecule has 0 atom stereocenters. The van der Waals surface area contributed by atoms with Crippen molar-refractivity contribution in [1.82, 2.24) is 0 Å². The van der Waals surface area contributed by atoms with Crippen LogP contribution in [0, 0.1) is 0 Å². The molecule has 0 spiro atoms. The van der Waals surface area contributed by atoms with E-state index in [-0.39, 0.29) is 11.6 Å². The van der Waals surface area contributed by atoms with E-state index in [1.165, 1.54) is 6.08 Å². The number of rotatable bonds is 1. The lowest BCUT2D eigenvalue weighted by atomic mass is 9.79. The van der Waals surface area contributed by atoms with Gasteiger partial charge in [-0.3, -0.25) is 9.59 Å². The summed E-state index contributed by atoms with van der Waals surface area (Å²) < 4.78 is 0. The van der Waals surface area contributed by atoms with Crippen LogP contribution in [0.25, 0.3) is 0 Å². The molecule has 0 amide bonds. The highest BCUT2D eigenvalue weighted by Crippen LogP contribution is 2.31. The Labute approximate surface area is 102 Å². The van der Waals surface area contributed by atoms with Gasteiger partial charge in [0.15, 0.2) is 11.6 Å². The predicted octanol–water partition coefficient (Wildman–Crippen LogP) is 3.09. The van der Waals surface area contributed by atoms with Crippen LogP contribution < -0.4 is 0 Å². The van der Waals surface area contributed by atoms with Crippen LogP contribution in [-0.2, 0) is 9.59 Å². The Morgan fingerprint density at radius 1 is 0.765 bits per heavy atom. The van der Waals surface area contributed by atoms with Crippen LogP contribution in [0.15, 0.2) is 59.3 Å². The van der Waals surface area contributed by atoms with Gasteiger partial charge in [-0.25, -0.2) is 0 Å². The van der Waals surface area contributed by atoms with E-state index < -0.39 is 0 Å². The zero-order chi connectivity index (χ0) is 13.0. The lowest BCUT2D eigenvalue weighted by molar-refractivity contribution is -0.117. The van der Waals surface area contributed by atoms with Gasteiger partial charge in [-0.05, 0) is 20.8 Å². The van der Waals surface area contributed by atoms with Crippen molar-refractivity contribution in [3.8, 4) is 0 Å². The molecule has 1 aliphatic carbocycles. The van der Waals surface area contributed by atoms with E-state index in [0.29, 0.717) is 22.3 Å². The lowest BCUT2D eigenvalue weighted by Crippen LogP contribution is -2.25. The Morgan fingerprint density at radius 2 is 1.12 bits per heavy atom. The monoisotopic (exact) mass is 228 g/mol. The van der Waals surface area contributed by atoms with Gasteiger partial charge in [-0.1, -0.05) is 37.0 Å². The van der Waals surface area contributed by atoms with Crippen LogP contribution in [-0.4, -0.2) is 11.6 Å². The average molecular weight is 228 g/mol. The third-order valence-corrected chi connectivity index (χ3v) is 2.71. The molecule has 17 heavy (non-hydrogen) atoms. The Hall–Kier alpha value is -1.96. The second kappa shape index (κ2) is 5.39. The van der Waals surface area contributed by atoms with Gasteiger partial charge >= 0.3 is 0 Å². The van der Waals surface area contributed by atoms with Crippen molar-refractivity contribution in [2.45, 2.75) is 20.8 Å². The maximum atomic E-state index is 12.2. The Balaban J connectivity index is 3.52. The Bertz CT molecular complexity index is 497. The summed E-state index contributed by atoms with van der Waals surface area (Å²) >= 11 is 0. The second-order valence-corrected chi connectivity index (χ2v) is 3.58. The molecule has 88 valence electrons. The molecule has 1 aliphatic rings. The first-order valence-corrected chi connectivity index (χ1v) is 5.54. The molecule has 0 N–H and O–H groups in total. The minimum Gasteiger partial charge on any atom is -0.289 e. The Morgan fingerprint density at radius 3 is 1.47 bits per heavy atom. The first-order chi connectivity index (χ1) is 8.12. The van der Waals surface area contributed by atoms with Gasteiger partial charge in [0.05, 0.1) is 0 Å². The van der Waals surface area contributed by atoms with Crippen molar-refractivity contribution in [1.29, 1.82) is 0 Å². The van der Waals surface area contributed by atoms with E-state index in [9.17, 15) is 9.59 Å². The largest absolute Gasteiger partial charge is 0.289 e. The smallest absolute Gasteiger partial charge is 0.194 e. The third kappa shape index (κ3) is 2.11. The normalized spacial score (nSPS) is 26.3. The summed E-state index contributed by atoms with van der Waals surface area (Å²) in [5.74, 6) is -0.219. The van der Waals surface area contributed by atoms with E-state index in [4.69, 9.17) is 0 Å². The highest BCUT2D eigenvalue weighted by atomic mass is 16.1. The highest BCUT2D eigenvalue weighted by Gasteiger charge is 2.33. The van der Waals surface area contributed by atoms with Crippen LogP contribution in [0.5, 0.6) is 0 Å². The lowest BCUT2D eigenvalue weighted by Gasteiger charge is -2.20. The standard InChI is InChI=1S/C15H16O2/c1-5-9-13-12(8-4)14(16)10(6-2)11(7-3)15(13)17/h5-9H,1H2,2-4H3/b10-6+,11-7+,12-8+,13-9+. The Kier molecular flexibility index (Phi) is 4.16. The zero-order valence-corrected chi connectivity index (χ0v) is 10.4. The number of allylic oxidation sites excluding steroid dienone is 9. The van der Waals surface area contributed by atoms with Crippen LogP contribution in [0.2, 0.25) is 0 Å². The van der Waals surface area contributed by atoms with Crippen molar-refractivity contribution in [2.75, 3.05) is 0 Å². The van der Waals surface area contributed by atoms with Gasteiger partial charge in [-0.2, -0.15) is 0 Å². The first kappa shape index (κ1) is 13.1. The number of hydrogen-bond acceptors (Lipinski definition) is 2. The first-order valence-electron chi connectivity index (χ1n) is 5.54. The summed E-state index contributed by atoms with van der Waals surface area (Å²) in [7, 11) is 0. The van der Waals surface area contributed by atoms with Gasteiger partial charge in [0.25, 0.3) is 0 Å². The van der Waals surface area contributed by atoms with Gasteiger partial charge < -0.3 is 0 Å². The highest BCUT2D eigenvalue weighted by molar-refractivity contribution is 6.33. The zero-order valence-electron chi connectivity index (χ0n) is 10.4. The SMILES string of the molecule is C=C/C=C1/C(=O)C(=C/C)/C(=C\C)C(=O)/C1=C/C. The van der Waals surface area contributed by atoms with E-state index >= 15 is 0 Å². The van der Waals surface area contributed by atoms with Crippen LogP contribution in [0.1, 0.15) is 20.8 Å². The van der Waals surface area contributed by atoms with E-state index in [1.807, 2.05) is 0 Å². The number of Topliss-reactive ketones (excluding diaryl/α,β-unsaturated/α-hetero) is 2. The van der Waals surface area contributed by atoms with E-state index in [1.54, 1.807) is 45.1 Å². The molecule has 0 saturated heterocycles. The van der Waals surface area contributed by atoms with Gasteiger partial charge in [0.2, 0.25) is 0 Å². The van der Waals surface area contributed by atoms with Crippen LogP contribution in [0.4, 0.5) is 0 Å². The third-order valence-electron chi connectivity index (χ3n) is 2.71. The molecular formula is C15H16O2. The van der Waals surface area contributed by atoms with Crippen LogP contribution in [0.3, 0.4) is 0 Å². The van der Waals surface area contributed by atoms with E-state index in [2.05, 4.69) is 6.58 Å². The van der Waals surface area contributed by atoms with Crippen molar-refractivity contribution in [3.63, 3.8) is 0 Å². The van der Waals surface area contributed by atoms with E-state index in [0.717, 1.165) is 0 Å².